The van der Waals surface area contributed by atoms with Gasteiger partial charge in [0.25, 0.3) is 0 Å². The molecule has 1 N–H and O–H groups in total. The van der Waals surface area contributed by atoms with Crippen LogP contribution in [-0.2, 0) is 6.54 Å². The van der Waals surface area contributed by atoms with Crippen LogP contribution in [0.3, 0.4) is 0 Å². The van der Waals surface area contributed by atoms with Crippen LogP contribution < -0.4 is 10.1 Å². The van der Waals surface area contributed by atoms with Gasteiger partial charge in [0.15, 0.2) is 5.06 Å². The second kappa shape index (κ2) is 7.85. The van der Waals surface area contributed by atoms with Crippen molar-refractivity contribution < 1.29 is 9.13 Å². The Hall–Kier alpha value is -2.24. The Morgan fingerprint density at radius 2 is 1.96 bits per heavy atom. The maximum Gasteiger partial charge on any atom is 0.173 e. The molecule has 0 aliphatic heterocycles. The fourth-order valence-electron chi connectivity index (χ4n) is 2.19. The third-order valence-corrected chi connectivity index (χ3v) is 4.10. The summed E-state index contributed by atoms with van der Waals surface area (Å²) in [7, 11) is 0. The van der Waals surface area contributed by atoms with Crippen LogP contribution in [0, 0.1) is 5.82 Å². The van der Waals surface area contributed by atoms with E-state index in [2.05, 4.69) is 16.4 Å². The second-order valence-corrected chi connectivity index (χ2v) is 5.96. The minimum absolute atomic E-state index is 0.231. The molecule has 3 nitrogen and oxygen atoms in total. The summed E-state index contributed by atoms with van der Waals surface area (Å²) in [6.07, 6.45) is 3.62. The molecule has 0 fully saturated rings. The van der Waals surface area contributed by atoms with Gasteiger partial charge in [-0.25, -0.2) is 4.39 Å². The summed E-state index contributed by atoms with van der Waals surface area (Å²) in [5.74, 6) is -0.231. The molecule has 0 aliphatic rings. The number of nitrogens with zero attached hydrogens (tertiary/aromatic N) is 1. The van der Waals surface area contributed by atoms with Crippen molar-refractivity contribution in [2.45, 2.75) is 6.54 Å². The van der Waals surface area contributed by atoms with E-state index in [9.17, 15) is 4.39 Å². The van der Waals surface area contributed by atoms with Crippen molar-refractivity contribution in [3.05, 3.63) is 71.6 Å². The largest absolute Gasteiger partial charge is 0.483 e. The minimum atomic E-state index is -0.231. The predicted octanol–water partition coefficient (Wildman–Crippen LogP) is 4.12. The summed E-state index contributed by atoms with van der Waals surface area (Å²) < 4.78 is 18.6. The van der Waals surface area contributed by atoms with E-state index in [1.54, 1.807) is 29.7 Å². The number of rotatable bonds is 7. The lowest BCUT2D eigenvalue weighted by atomic mass is 10.1. The molecule has 0 radical (unpaired) electrons. The van der Waals surface area contributed by atoms with Gasteiger partial charge >= 0.3 is 0 Å². The lowest BCUT2D eigenvalue weighted by Crippen LogP contribution is -2.20. The van der Waals surface area contributed by atoms with E-state index in [4.69, 9.17) is 4.74 Å². The summed E-state index contributed by atoms with van der Waals surface area (Å²) in [6, 6.07) is 12.4. The maximum absolute atomic E-state index is 13.0. The van der Waals surface area contributed by atoms with Crippen LogP contribution in [0.5, 0.6) is 5.06 Å². The highest BCUT2D eigenvalue weighted by Crippen LogP contribution is 2.20. The molecule has 0 saturated carbocycles. The maximum atomic E-state index is 13.0. The number of benzene rings is 1. The fraction of sp³-hybridized carbons (Fsp3) is 0.167. The molecule has 2 heterocycles. The number of nitrogens with one attached hydrogen (secondary N) is 1. The molecule has 0 atom stereocenters. The highest BCUT2D eigenvalue weighted by molar-refractivity contribution is 7.11. The molecule has 0 amide bonds. The van der Waals surface area contributed by atoms with Crippen molar-refractivity contribution in [2.24, 2.45) is 0 Å². The first-order chi connectivity index (χ1) is 11.3. The quantitative estimate of drug-likeness (QED) is 0.663. The van der Waals surface area contributed by atoms with Crippen molar-refractivity contribution in [3.63, 3.8) is 0 Å². The van der Waals surface area contributed by atoms with Crippen molar-refractivity contribution in [1.82, 2.24) is 10.3 Å². The Balaban J connectivity index is 1.50. The van der Waals surface area contributed by atoms with Crippen LogP contribution >= 0.6 is 11.3 Å². The molecular formula is C18H17FN2OS. The van der Waals surface area contributed by atoms with Gasteiger partial charge in [0.2, 0.25) is 0 Å². The molecule has 5 heteroatoms. The molecule has 0 aliphatic carbocycles. The lowest BCUT2D eigenvalue weighted by molar-refractivity contribution is 0.322. The normalized spacial score (nSPS) is 10.7. The molecular weight excluding hydrogens is 311 g/mol. The van der Waals surface area contributed by atoms with Crippen LogP contribution in [0.1, 0.15) is 5.56 Å². The SMILES string of the molecule is Fc1ccc(-c2cncc(CNCCOc3cccs3)c2)cc1. The van der Waals surface area contributed by atoms with Crippen LogP contribution in [-0.4, -0.2) is 18.1 Å². The van der Waals surface area contributed by atoms with E-state index in [1.807, 2.05) is 23.7 Å². The average Bonchev–Trinajstić information content (AvgIpc) is 3.09. The topological polar surface area (TPSA) is 34.2 Å². The van der Waals surface area contributed by atoms with Crippen molar-refractivity contribution in [3.8, 4) is 16.2 Å². The monoisotopic (exact) mass is 328 g/mol. The summed E-state index contributed by atoms with van der Waals surface area (Å²) >= 11 is 1.59. The molecule has 3 aromatic rings. The van der Waals surface area contributed by atoms with Gasteiger partial charge in [-0.1, -0.05) is 12.1 Å². The summed E-state index contributed by atoms with van der Waals surface area (Å²) in [5.41, 5.74) is 3.03. The van der Waals surface area contributed by atoms with E-state index >= 15 is 0 Å². The van der Waals surface area contributed by atoms with Crippen molar-refractivity contribution in [1.29, 1.82) is 0 Å². The van der Waals surface area contributed by atoms with Crippen LogP contribution in [0.2, 0.25) is 0 Å². The Bertz CT molecular complexity index is 729. The smallest absolute Gasteiger partial charge is 0.173 e. The molecule has 0 saturated heterocycles. The van der Waals surface area contributed by atoms with Gasteiger partial charge in [0.1, 0.15) is 12.4 Å². The first kappa shape index (κ1) is 15.6. The van der Waals surface area contributed by atoms with Gasteiger partial charge in [-0.05, 0) is 46.8 Å². The Morgan fingerprint density at radius 1 is 1.09 bits per heavy atom. The molecule has 0 spiro atoms. The predicted molar refractivity (Wildman–Crippen MR) is 91.2 cm³/mol. The Labute approximate surface area is 138 Å². The highest BCUT2D eigenvalue weighted by atomic mass is 32.1. The summed E-state index contributed by atoms with van der Waals surface area (Å²) in [6.45, 7) is 2.11. The van der Waals surface area contributed by atoms with E-state index in [0.29, 0.717) is 6.61 Å². The Morgan fingerprint density at radius 3 is 2.74 bits per heavy atom. The summed E-state index contributed by atoms with van der Waals surface area (Å²) in [4.78, 5) is 4.26. The number of hydrogen-bond acceptors (Lipinski definition) is 4. The van der Waals surface area contributed by atoms with E-state index in [0.717, 1.165) is 34.8 Å². The van der Waals surface area contributed by atoms with Crippen LogP contribution in [0.25, 0.3) is 11.1 Å². The molecule has 23 heavy (non-hydrogen) atoms. The van der Waals surface area contributed by atoms with Crippen LogP contribution in [0.4, 0.5) is 4.39 Å². The summed E-state index contributed by atoms with van der Waals surface area (Å²) in [5, 5.41) is 6.26. The number of halogens is 1. The zero-order valence-corrected chi connectivity index (χ0v) is 13.4. The number of pyridine rings is 1. The van der Waals surface area contributed by atoms with Gasteiger partial charge in [-0.15, -0.1) is 11.3 Å². The average molecular weight is 328 g/mol. The van der Waals surface area contributed by atoms with Crippen LogP contribution in [0.15, 0.2) is 60.2 Å². The first-order valence-electron chi connectivity index (χ1n) is 7.38. The van der Waals surface area contributed by atoms with E-state index in [1.165, 1.54) is 12.1 Å². The number of aromatic nitrogens is 1. The molecule has 1 aromatic carbocycles. The second-order valence-electron chi connectivity index (χ2n) is 5.05. The zero-order valence-electron chi connectivity index (χ0n) is 12.5. The first-order valence-corrected chi connectivity index (χ1v) is 8.26. The van der Waals surface area contributed by atoms with Gasteiger partial charge in [0.05, 0.1) is 0 Å². The highest BCUT2D eigenvalue weighted by Gasteiger charge is 2.01. The van der Waals surface area contributed by atoms with Gasteiger partial charge < -0.3 is 10.1 Å². The minimum Gasteiger partial charge on any atom is -0.483 e. The van der Waals surface area contributed by atoms with Crippen molar-refractivity contribution >= 4 is 11.3 Å². The molecule has 118 valence electrons. The molecule has 3 rings (SSSR count). The van der Waals surface area contributed by atoms with Gasteiger partial charge in [0, 0.05) is 31.0 Å². The van der Waals surface area contributed by atoms with E-state index in [-0.39, 0.29) is 5.82 Å². The standard InChI is InChI=1S/C18H17FN2OS/c19-17-5-3-15(4-6-17)16-10-14(12-21-13-16)11-20-7-8-22-18-2-1-9-23-18/h1-6,9-10,12-13,20H,7-8,11H2. The third-order valence-electron chi connectivity index (χ3n) is 3.32. The van der Waals surface area contributed by atoms with Crippen molar-refractivity contribution in [2.75, 3.05) is 13.2 Å². The third kappa shape index (κ3) is 4.61. The number of ether oxygens (including phenoxy) is 1. The van der Waals surface area contributed by atoms with Gasteiger partial charge in [-0.2, -0.15) is 0 Å². The molecule has 2 aromatic heterocycles. The Kier molecular flexibility index (Phi) is 5.34. The van der Waals surface area contributed by atoms with E-state index < -0.39 is 0 Å². The fourth-order valence-corrected chi connectivity index (χ4v) is 2.79. The molecule has 0 bridgehead atoms. The number of thiophene rings is 1. The van der Waals surface area contributed by atoms with Gasteiger partial charge in [-0.3, -0.25) is 4.98 Å². The zero-order chi connectivity index (χ0) is 15.9. The number of hydrogen-bond donors (Lipinski definition) is 1. The molecule has 0 unspecified atom stereocenters. The lowest BCUT2D eigenvalue weighted by Gasteiger charge is -2.07.